The van der Waals surface area contributed by atoms with Crippen LogP contribution in [0.4, 0.5) is 0 Å². The summed E-state index contributed by atoms with van der Waals surface area (Å²) in [6, 6.07) is 9.24. The smallest absolute Gasteiger partial charge is 0.222 e. The number of hydrogen-bond donors (Lipinski definition) is 1. The number of likely N-dealkylation sites (tertiary alicyclic amines) is 1. The molecular formula is C21H33ClN2O. The van der Waals surface area contributed by atoms with Crippen LogP contribution in [0.25, 0.3) is 0 Å². The fourth-order valence-electron chi connectivity index (χ4n) is 4.43. The first-order valence-corrected chi connectivity index (χ1v) is 9.64. The van der Waals surface area contributed by atoms with E-state index in [9.17, 15) is 4.79 Å². The van der Waals surface area contributed by atoms with Crippen LogP contribution in [0, 0.1) is 17.8 Å². The summed E-state index contributed by atoms with van der Waals surface area (Å²) in [5.74, 6) is 2.24. The third-order valence-electron chi connectivity index (χ3n) is 5.79. The lowest BCUT2D eigenvalue weighted by Crippen LogP contribution is -2.33. The summed E-state index contributed by atoms with van der Waals surface area (Å²) in [6.07, 6.45) is 6.09. The Kier molecular flexibility index (Phi) is 7.33. The molecule has 2 aliphatic rings. The summed E-state index contributed by atoms with van der Waals surface area (Å²) in [6.45, 7) is 6.34. The number of carbonyl (C=O) groups is 1. The summed E-state index contributed by atoms with van der Waals surface area (Å²) in [5.41, 5.74) is 8.91. The zero-order chi connectivity index (χ0) is 17.1. The molecule has 1 saturated heterocycles. The third kappa shape index (κ3) is 5.21. The van der Waals surface area contributed by atoms with Gasteiger partial charge in [-0.05, 0) is 61.0 Å². The molecule has 25 heavy (non-hydrogen) atoms. The largest absolute Gasteiger partial charge is 0.342 e. The standard InChI is InChI=1S/C21H32N2O.ClH/c1-15(2)12-17-8-6-16(7-9-17)4-3-5-21(24)23-13-18-10-11-20(22)19(18)14-23;/h6-9,15,18-20H,3-5,10-14,22H2,1-2H3;1H. The molecule has 1 aromatic carbocycles. The molecular weight excluding hydrogens is 332 g/mol. The SMILES string of the molecule is CC(C)Cc1ccc(CCCC(=O)N2CC3CCC(N)C3C2)cc1.Cl. The van der Waals surface area contributed by atoms with Gasteiger partial charge in [-0.15, -0.1) is 12.4 Å². The van der Waals surface area contributed by atoms with Gasteiger partial charge < -0.3 is 10.6 Å². The average Bonchev–Trinajstić information content (AvgIpc) is 3.11. The monoisotopic (exact) mass is 364 g/mol. The number of carbonyl (C=O) groups excluding carboxylic acids is 1. The Morgan fingerprint density at radius 2 is 1.84 bits per heavy atom. The molecule has 1 aliphatic carbocycles. The molecule has 4 heteroatoms. The molecule has 0 bridgehead atoms. The zero-order valence-electron chi connectivity index (χ0n) is 15.6. The maximum atomic E-state index is 12.4. The van der Waals surface area contributed by atoms with Crippen LogP contribution in [0.5, 0.6) is 0 Å². The summed E-state index contributed by atoms with van der Waals surface area (Å²) in [4.78, 5) is 14.5. The van der Waals surface area contributed by atoms with Crippen molar-refractivity contribution < 1.29 is 4.79 Å². The van der Waals surface area contributed by atoms with Crippen LogP contribution in [0.3, 0.4) is 0 Å². The molecule has 2 fully saturated rings. The average molecular weight is 365 g/mol. The van der Waals surface area contributed by atoms with Gasteiger partial charge in [-0.1, -0.05) is 38.1 Å². The lowest BCUT2D eigenvalue weighted by atomic mass is 9.98. The molecule has 1 heterocycles. The van der Waals surface area contributed by atoms with Gasteiger partial charge in [-0.2, -0.15) is 0 Å². The molecule has 1 amide bonds. The molecule has 0 aromatic heterocycles. The first-order chi connectivity index (χ1) is 11.5. The Morgan fingerprint density at radius 3 is 2.48 bits per heavy atom. The van der Waals surface area contributed by atoms with Crippen LogP contribution in [0.2, 0.25) is 0 Å². The number of nitrogens with zero attached hydrogens (tertiary/aromatic N) is 1. The molecule has 0 radical (unpaired) electrons. The van der Waals surface area contributed by atoms with Crippen LogP contribution in [0.15, 0.2) is 24.3 Å². The molecule has 3 nitrogen and oxygen atoms in total. The zero-order valence-corrected chi connectivity index (χ0v) is 16.4. The highest BCUT2D eigenvalue weighted by Gasteiger charge is 2.42. The van der Waals surface area contributed by atoms with E-state index < -0.39 is 0 Å². The van der Waals surface area contributed by atoms with Gasteiger partial charge in [0, 0.05) is 25.6 Å². The quantitative estimate of drug-likeness (QED) is 0.833. The molecule has 3 unspecified atom stereocenters. The van der Waals surface area contributed by atoms with E-state index in [2.05, 4.69) is 43.0 Å². The second-order valence-electron chi connectivity index (χ2n) is 8.23. The molecule has 1 saturated carbocycles. The van der Waals surface area contributed by atoms with Crippen molar-refractivity contribution in [3.63, 3.8) is 0 Å². The minimum atomic E-state index is 0. The van der Waals surface area contributed by atoms with E-state index in [1.807, 2.05) is 0 Å². The van der Waals surface area contributed by atoms with Crippen LogP contribution < -0.4 is 5.73 Å². The van der Waals surface area contributed by atoms with Crippen molar-refractivity contribution in [2.24, 2.45) is 23.5 Å². The number of benzene rings is 1. The van der Waals surface area contributed by atoms with Crippen molar-refractivity contribution in [1.82, 2.24) is 4.90 Å². The number of hydrogen-bond acceptors (Lipinski definition) is 2. The Hall–Kier alpha value is -1.06. The fraction of sp³-hybridized carbons (Fsp3) is 0.667. The number of rotatable bonds is 6. The van der Waals surface area contributed by atoms with Gasteiger partial charge in [0.15, 0.2) is 0 Å². The third-order valence-corrected chi connectivity index (χ3v) is 5.79. The maximum absolute atomic E-state index is 12.4. The minimum absolute atomic E-state index is 0. The van der Waals surface area contributed by atoms with Gasteiger partial charge in [0.1, 0.15) is 0 Å². The van der Waals surface area contributed by atoms with Crippen molar-refractivity contribution in [2.45, 2.75) is 58.4 Å². The van der Waals surface area contributed by atoms with Crippen LogP contribution in [-0.2, 0) is 17.6 Å². The summed E-state index contributed by atoms with van der Waals surface area (Å²) in [7, 11) is 0. The summed E-state index contributed by atoms with van der Waals surface area (Å²) >= 11 is 0. The minimum Gasteiger partial charge on any atom is -0.342 e. The first kappa shape index (κ1) is 20.3. The Morgan fingerprint density at radius 1 is 1.16 bits per heavy atom. The lowest BCUT2D eigenvalue weighted by Gasteiger charge is -2.18. The van der Waals surface area contributed by atoms with Crippen molar-refractivity contribution in [1.29, 1.82) is 0 Å². The predicted octanol–water partition coefficient (Wildman–Crippen LogP) is 3.83. The Balaban J connectivity index is 0.00000225. The topological polar surface area (TPSA) is 46.3 Å². The second kappa shape index (κ2) is 9.05. The second-order valence-corrected chi connectivity index (χ2v) is 8.23. The van der Waals surface area contributed by atoms with Crippen LogP contribution in [-0.4, -0.2) is 29.9 Å². The van der Waals surface area contributed by atoms with Gasteiger partial charge >= 0.3 is 0 Å². The molecule has 1 aliphatic heterocycles. The predicted molar refractivity (Wildman–Crippen MR) is 106 cm³/mol. The van der Waals surface area contributed by atoms with Crippen molar-refractivity contribution in [2.75, 3.05) is 13.1 Å². The van der Waals surface area contributed by atoms with Gasteiger partial charge in [0.2, 0.25) is 5.91 Å². The Bertz CT molecular complexity index is 558. The van der Waals surface area contributed by atoms with Crippen molar-refractivity contribution >= 4 is 18.3 Å². The molecule has 3 atom stereocenters. The number of fused-ring (bicyclic) bond motifs is 1. The van der Waals surface area contributed by atoms with Crippen molar-refractivity contribution in [3.8, 4) is 0 Å². The van der Waals surface area contributed by atoms with E-state index in [4.69, 9.17) is 5.73 Å². The van der Waals surface area contributed by atoms with E-state index in [0.717, 1.165) is 38.8 Å². The highest BCUT2D eigenvalue weighted by Crippen LogP contribution is 2.37. The van der Waals surface area contributed by atoms with E-state index >= 15 is 0 Å². The van der Waals surface area contributed by atoms with E-state index in [-0.39, 0.29) is 12.4 Å². The number of amides is 1. The highest BCUT2D eigenvalue weighted by molar-refractivity contribution is 5.85. The van der Waals surface area contributed by atoms with Crippen molar-refractivity contribution in [3.05, 3.63) is 35.4 Å². The fourth-order valence-corrected chi connectivity index (χ4v) is 4.43. The number of aryl methyl sites for hydroxylation is 1. The number of nitrogens with two attached hydrogens (primary N) is 1. The van der Waals surface area contributed by atoms with Gasteiger partial charge in [0.25, 0.3) is 0 Å². The van der Waals surface area contributed by atoms with E-state index in [1.54, 1.807) is 0 Å². The maximum Gasteiger partial charge on any atom is 0.222 e. The van der Waals surface area contributed by atoms with Gasteiger partial charge in [-0.25, -0.2) is 0 Å². The van der Waals surface area contributed by atoms with Crippen LogP contribution >= 0.6 is 12.4 Å². The molecule has 1 aromatic rings. The summed E-state index contributed by atoms with van der Waals surface area (Å²) < 4.78 is 0. The molecule has 3 rings (SSSR count). The van der Waals surface area contributed by atoms with E-state index in [1.165, 1.54) is 17.5 Å². The first-order valence-electron chi connectivity index (χ1n) is 9.64. The highest BCUT2D eigenvalue weighted by atomic mass is 35.5. The molecule has 140 valence electrons. The molecule has 0 spiro atoms. The normalized spacial score (nSPS) is 25.1. The lowest BCUT2D eigenvalue weighted by molar-refractivity contribution is -0.130. The van der Waals surface area contributed by atoms with Crippen LogP contribution in [0.1, 0.15) is 50.7 Å². The number of halogens is 1. The van der Waals surface area contributed by atoms with Gasteiger partial charge in [-0.3, -0.25) is 4.79 Å². The van der Waals surface area contributed by atoms with Gasteiger partial charge in [0.05, 0.1) is 0 Å². The Labute approximate surface area is 158 Å². The summed E-state index contributed by atoms with van der Waals surface area (Å²) in [5, 5.41) is 0. The molecule has 2 N–H and O–H groups in total. The van der Waals surface area contributed by atoms with E-state index in [0.29, 0.717) is 36.1 Å².